The molecule has 1 atom stereocenters. The molecule has 3 nitrogen and oxygen atoms in total. The molecule has 0 radical (unpaired) electrons. The van der Waals surface area contributed by atoms with Crippen molar-refractivity contribution in [1.82, 2.24) is 5.32 Å². The Morgan fingerprint density at radius 2 is 2.00 bits per heavy atom. The van der Waals surface area contributed by atoms with Gasteiger partial charge in [-0.1, -0.05) is 36.4 Å². The van der Waals surface area contributed by atoms with Crippen LogP contribution in [0.2, 0.25) is 0 Å². The van der Waals surface area contributed by atoms with Crippen molar-refractivity contribution in [3.63, 3.8) is 0 Å². The van der Waals surface area contributed by atoms with Crippen LogP contribution in [0.25, 0.3) is 0 Å². The molecule has 0 saturated carbocycles. The Morgan fingerprint density at radius 3 is 2.91 bits per heavy atom. The summed E-state index contributed by atoms with van der Waals surface area (Å²) in [4.78, 5) is 7.20. The van der Waals surface area contributed by atoms with Gasteiger partial charge in [0.1, 0.15) is 0 Å². The van der Waals surface area contributed by atoms with E-state index in [9.17, 15) is 0 Å². The quantitative estimate of drug-likeness (QED) is 0.920. The van der Waals surface area contributed by atoms with Crippen LogP contribution in [0.3, 0.4) is 0 Å². The SMILES string of the molecule is C1=Nc2ccc(Cc3ccccc3)cc2N2CCNCC2C1. The molecule has 3 heteroatoms. The molecule has 22 heavy (non-hydrogen) atoms. The molecule has 1 fully saturated rings. The zero-order chi connectivity index (χ0) is 14.8. The van der Waals surface area contributed by atoms with Gasteiger partial charge in [0.25, 0.3) is 0 Å². The number of anilines is 1. The van der Waals surface area contributed by atoms with Gasteiger partial charge in [0.2, 0.25) is 0 Å². The minimum atomic E-state index is 0.533. The molecule has 112 valence electrons. The number of aliphatic imine (C=N–C) groups is 1. The van der Waals surface area contributed by atoms with Crippen molar-refractivity contribution in [2.45, 2.75) is 18.9 Å². The summed E-state index contributed by atoms with van der Waals surface area (Å²) in [6, 6.07) is 17.9. The summed E-state index contributed by atoms with van der Waals surface area (Å²) in [7, 11) is 0. The summed E-state index contributed by atoms with van der Waals surface area (Å²) >= 11 is 0. The van der Waals surface area contributed by atoms with Crippen LogP contribution in [-0.4, -0.2) is 31.9 Å². The number of piperazine rings is 1. The maximum absolute atomic E-state index is 4.66. The Balaban J connectivity index is 1.67. The van der Waals surface area contributed by atoms with Crippen LogP contribution in [0, 0.1) is 0 Å². The number of nitrogens with zero attached hydrogens (tertiary/aromatic N) is 2. The van der Waals surface area contributed by atoms with E-state index >= 15 is 0 Å². The molecule has 2 heterocycles. The highest BCUT2D eigenvalue weighted by Gasteiger charge is 2.25. The molecular weight excluding hydrogens is 270 g/mol. The van der Waals surface area contributed by atoms with Crippen molar-refractivity contribution < 1.29 is 0 Å². The predicted octanol–water partition coefficient (Wildman–Crippen LogP) is 3.16. The highest BCUT2D eigenvalue weighted by molar-refractivity contribution is 5.77. The van der Waals surface area contributed by atoms with Crippen LogP contribution in [-0.2, 0) is 6.42 Å². The van der Waals surface area contributed by atoms with Gasteiger partial charge in [0.15, 0.2) is 0 Å². The monoisotopic (exact) mass is 291 g/mol. The van der Waals surface area contributed by atoms with E-state index in [0.717, 1.165) is 38.2 Å². The second-order valence-corrected chi connectivity index (χ2v) is 6.08. The Bertz CT molecular complexity index is 678. The first-order valence-corrected chi connectivity index (χ1v) is 8.07. The lowest BCUT2D eigenvalue weighted by molar-refractivity contribution is 0.488. The first kappa shape index (κ1) is 13.5. The van der Waals surface area contributed by atoms with Crippen LogP contribution >= 0.6 is 0 Å². The van der Waals surface area contributed by atoms with Gasteiger partial charge in [-0.15, -0.1) is 0 Å². The maximum Gasteiger partial charge on any atom is 0.0859 e. The van der Waals surface area contributed by atoms with E-state index in [0.29, 0.717) is 6.04 Å². The molecule has 0 spiro atoms. The molecule has 2 aromatic rings. The van der Waals surface area contributed by atoms with Crippen LogP contribution in [0.1, 0.15) is 17.5 Å². The zero-order valence-corrected chi connectivity index (χ0v) is 12.7. The third-order valence-corrected chi connectivity index (χ3v) is 4.56. The number of hydrogen-bond acceptors (Lipinski definition) is 3. The van der Waals surface area contributed by atoms with Crippen LogP contribution < -0.4 is 10.2 Å². The third-order valence-electron chi connectivity index (χ3n) is 4.56. The van der Waals surface area contributed by atoms with Crippen LogP contribution in [0.15, 0.2) is 53.5 Å². The van der Waals surface area contributed by atoms with Gasteiger partial charge in [-0.05, 0) is 29.7 Å². The largest absolute Gasteiger partial charge is 0.364 e. The van der Waals surface area contributed by atoms with Gasteiger partial charge in [0, 0.05) is 38.3 Å². The average molecular weight is 291 g/mol. The minimum Gasteiger partial charge on any atom is -0.364 e. The van der Waals surface area contributed by atoms with Crippen molar-refractivity contribution in [1.29, 1.82) is 0 Å². The van der Waals surface area contributed by atoms with E-state index in [4.69, 9.17) is 0 Å². The highest BCUT2D eigenvalue weighted by atomic mass is 15.2. The summed E-state index contributed by atoms with van der Waals surface area (Å²) in [5.74, 6) is 0. The zero-order valence-electron chi connectivity index (χ0n) is 12.7. The third kappa shape index (κ3) is 2.64. The number of fused-ring (bicyclic) bond motifs is 3. The molecule has 0 bridgehead atoms. The summed E-state index contributed by atoms with van der Waals surface area (Å²) in [5, 5.41) is 3.49. The van der Waals surface area contributed by atoms with Gasteiger partial charge in [-0.25, -0.2) is 0 Å². The fraction of sp³-hybridized carbons (Fsp3) is 0.316. The van der Waals surface area contributed by atoms with Crippen molar-refractivity contribution in [3.8, 4) is 0 Å². The lowest BCUT2D eigenvalue weighted by atomic mass is 10.0. The van der Waals surface area contributed by atoms with Crippen molar-refractivity contribution in [3.05, 3.63) is 59.7 Å². The summed E-state index contributed by atoms with van der Waals surface area (Å²) in [6.07, 6.45) is 4.08. The molecule has 1 saturated heterocycles. The van der Waals surface area contributed by atoms with E-state index in [1.807, 2.05) is 0 Å². The predicted molar refractivity (Wildman–Crippen MR) is 92.5 cm³/mol. The lowest BCUT2D eigenvalue weighted by Gasteiger charge is -2.37. The van der Waals surface area contributed by atoms with E-state index in [-0.39, 0.29) is 0 Å². The number of benzene rings is 2. The van der Waals surface area contributed by atoms with Gasteiger partial charge in [-0.3, -0.25) is 4.99 Å². The Morgan fingerprint density at radius 1 is 1.09 bits per heavy atom. The first-order valence-electron chi connectivity index (χ1n) is 8.07. The number of nitrogens with one attached hydrogen (secondary N) is 1. The molecule has 2 aromatic carbocycles. The second kappa shape index (κ2) is 5.93. The van der Waals surface area contributed by atoms with E-state index in [2.05, 4.69) is 70.0 Å². The molecular formula is C19H21N3. The van der Waals surface area contributed by atoms with Gasteiger partial charge < -0.3 is 10.2 Å². The van der Waals surface area contributed by atoms with E-state index in [1.54, 1.807) is 0 Å². The fourth-order valence-electron chi connectivity index (χ4n) is 3.41. The van der Waals surface area contributed by atoms with Gasteiger partial charge >= 0.3 is 0 Å². The molecule has 2 aliphatic rings. The summed E-state index contributed by atoms with van der Waals surface area (Å²) < 4.78 is 0. The Hall–Kier alpha value is -2.13. The standard InChI is InChI=1S/C19H21N3/c1-2-4-15(5-3-1)12-16-6-7-18-19(13-16)22-11-10-20-14-17(22)8-9-21-18/h1-7,9,13,17,20H,8,10-12,14H2. The van der Waals surface area contributed by atoms with Crippen molar-refractivity contribution in [2.24, 2.45) is 4.99 Å². The van der Waals surface area contributed by atoms with Crippen molar-refractivity contribution in [2.75, 3.05) is 24.5 Å². The highest BCUT2D eigenvalue weighted by Crippen LogP contribution is 2.34. The molecule has 2 aliphatic heterocycles. The molecule has 1 unspecified atom stereocenters. The molecule has 4 rings (SSSR count). The Kier molecular flexibility index (Phi) is 3.65. The van der Waals surface area contributed by atoms with Crippen LogP contribution in [0.5, 0.6) is 0 Å². The smallest absolute Gasteiger partial charge is 0.0859 e. The number of rotatable bonds is 2. The molecule has 0 amide bonds. The molecule has 1 N–H and O–H groups in total. The van der Waals surface area contributed by atoms with E-state index in [1.165, 1.54) is 16.8 Å². The minimum absolute atomic E-state index is 0.533. The number of hydrogen-bond donors (Lipinski definition) is 1. The maximum atomic E-state index is 4.66. The van der Waals surface area contributed by atoms with Gasteiger partial charge in [0.05, 0.1) is 11.4 Å². The van der Waals surface area contributed by atoms with Crippen LogP contribution in [0.4, 0.5) is 11.4 Å². The normalized spacial score (nSPS) is 20.2. The Labute approximate surface area is 131 Å². The average Bonchev–Trinajstić information content (AvgIpc) is 2.75. The second-order valence-electron chi connectivity index (χ2n) is 6.08. The lowest BCUT2D eigenvalue weighted by Crippen LogP contribution is -2.51. The molecule has 0 aliphatic carbocycles. The van der Waals surface area contributed by atoms with Crippen molar-refractivity contribution >= 4 is 17.6 Å². The fourth-order valence-corrected chi connectivity index (χ4v) is 3.41. The topological polar surface area (TPSA) is 27.6 Å². The van der Waals surface area contributed by atoms with E-state index < -0.39 is 0 Å². The first-order chi connectivity index (χ1) is 10.9. The summed E-state index contributed by atoms with van der Waals surface area (Å²) in [5.41, 5.74) is 5.13. The summed E-state index contributed by atoms with van der Waals surface area (Å²) in [6.45, 7) is 3.17. The molecule has 0 aromatic heterocycles. The van der Waals surface area contributed by atoms with Gasteiger partial charge in [-0.2, -0.15) is 0 Å².